The van der Waals surface area contributed by atoms with Gasteiger partial charge in [0.15, 0.2) is 0 Å². The van der Waals surface area contributed by atoms with Crippen LogP contribution in [0.4, 0.5) is 5.69 Å². The van der Waals surface area contributed by atoms with Crippen LogP contribution in [0.15, 0.2) is 42.5 Å². The molecule has 2 aromatic carbocycles. The van der Waals surface area contributed by atoms with Crippen LogP contribution in [0.3, 0.4) is 0 Å². The highest BCUT2D eigenvalue weighted by Gasteiger charge is 2.35. The molecule has 2 N–H and O–H groups in total. The molecule has 0 bridgehead atoms. The van der Waals surface area contributed by atoms with E-state index >= 15 is 0 Å². The molecular formula is C20H24Cl2N2O2. The van der Waals surface area contributed by atoms with E-state index in [9.17, 15) is 10.2 Å². The number of halogens is 2. The van der Waals surface area contributed by atoms with E-state index in [0.29, 0.717) is 10.0 Å². The molecule has 0 aromatic heterocycles. The molecule has 140 valence electrons. The minimum Gasteiger partial charge on any atom is -0.394 e. The predicted molar refractivity (Wildman–Crippen MR) is 107 cm³/mol. The maximum Gasteiger partial charge on any atom is 0.0696 e. The first-order chi connectivity index (χ1) is 12.5. The van der Waals surface area contributed by atoms with Crippen LogP contribution in [0.5, 0.6) is 0 Å². The van der Waals surface area contributed by atoms with E-state index in [1.165, 1.54) is 0 Å². The van der Waals surface area contributed by atoms with Gasteiger partial charge in [-0.1, -0.05) is 41.4 Å². The summed E-state index contributed by atoms with van der Waals surface area (Å²) in [6.07, 6.45) is 0. The van der Waals surface area contributed by atoms with Crippen molar-refractivity contribution < 1.29 is 10.2 Å². The summed E-state index contributed by atoms with van der Waals surface area (Å²) in [6, 6.07) is 13.5. The SMILES string of the molecule is CC(CO)(c1ccc(Cl)cc1)N1CCN(c2ccc(CO)c(Cl)c2)CC1. The fourth-order valence-electron chi connectivity index (χ4n) is 3.50. The van der Waals surface area contributed by atoms with Gasteiger partial charge < -0.3 is 15.1 Å². The molecule has 1 fully saturated rings. The zero-order chi connectivity index (χ0) is 18.7. The van der Waals surface area contributed by atoms with Crippen LogP contribution in [0, 0.1) is 0 Å². The number of aliphatic hydroxyl groups excluding tert-OH is 2. The topological polar surface area (TPSA) is 46.9 Å². The number of rotatable bonds is 5. The van der Waals surface area contributed by atoms with Crippen LogP contribution in [0.1, 0.15) is 18.1 Å². The van der Waals surface area contributed by atoms with Crippen LogP contribution >= 0.6 is 23.2 Å². The Morgan fingerprint density at radius 1 is 0.962 bits per heavy atom. The molecule has 1 saturated heterocycles. The molecule has 2 aromatic rings. The Bertz CT molecular complexity index is 746. The number of hydrogen-bond donors (Lipinski definition) is 2. The van der Waals surface area contributed by atoms with Crippen molar-refractivity contribution in [1.82, 2.24) is 4.90 Å². The number of piperazine rings is 1. The highest BCUT2D eigenvalue weighted by Crippen LogP contribution is 2.31. The van der Waals surface area contributed by atoms with Gasteiger partial charge in [-0.15, -0.1) is 0 Å². The van der Waals surface area contributed by atoms with Gasteiger partial charge in [0.1, 0.15) is 0 Å². The molecule has 3 rings (SSSR count). The molecule has 0 radical (unpaired) electrons. The lowest BCUT2D eigenvalue weighted by Crippen LogP contribution is -2.56. The molecule has 0 saturated carbocycles. The fraction of sp³-hybridized carbons (Fsp3) is 0.400. The quantitative estimate of drug-likeness (QED) is 0.814. The van der Waals surface area contributed by atoms with E-state index in [4.69, 9.17) is 23.2 Å². The predicted octanol–water partition coefficient (Wildman–Crippen LogP) is 3.52. The number of benzene rings is 2. The Labute approximate surface area is 164 Å². The van der Waals surface area contributed by atoms with Crippen LogP contribution in [0.25, 0.3) is 0 Å². The van der Waals surface area contributed by atoms with Gasteiger partial charge in [0.05, 0.1) is 18.8 Å². The van der Waals surface area contributed by atoms with Gasteiger partial charge in [-0.3, -0.25) is 4.90 Å². The fourth-order valence-corrected chi connectivity index (χ4v) is 3.86. The number of aliphatic hydroxyl groups is 2. The molecule has 0 amide bonds. The molecular weight excluding hydrogens is 371 g/mol. The minimum absolute atomic E-state index is 0.0473. The van der Waals surface area contributed by atoms with E-state index in [1.54, 1.807) is 0 Å². The molecule has 6 heteroatoms. The Kier molecular flexibility index (Phi) is 6.10. The lowest BCUT2D eigenvalue weighted by atomic mass is 9.90. The second kappa shape index (κ2) is 8.15. The smallest absolute Gasteiger partial charge is 0.0696 e. The van der Waals surface area contributed by atoms with Gasteiger partial charge >= 0.3 is 0 Å². The second-order valence-electron chi connectivity index (χ2n) is 6.85. The summed E-state index contributed by atoms with van der Waals surface area (Å²) in [5.74, 6) is 0. The maximum absolute atomic E-state index is 10.1. The van der Waals surface area contributed by atoms with E-state index in [1.807, 2.05) is 42.5 Å². The molecule has 26 heavy (non-hydrogen) atoms. The van der Waals surface area contributed by atoms with E-state index in [-0.39, 0.29) is 13.2 Å². The summed E-state index contributed by atoms with van der Waals surface area (Å²) in [5.41, 5.74) is 2.43. The van der Waals surface area contributed by atoms with Crippen molar-refractivity contribution in [3.63, 3.8) is 0 Å². The Balaban J connectivity index is 1.72. The van der Waals surface area contributed by atoms with Crippen LogP contribution in [0.2, 0.25) is 10.0 Å². The van der Waals surface area contributed by atoms with Crippen molar-refractivity contribution in [2.24, 2.45) is 0 Å². The zero-order valence-corrected chi connectivity index (χ0v) is 16.3. The minimum atomic E-state index is -0.435. The van der Waals surface area contributed by atoms with Gasteiger partial charge in [-0.25, -0.2) is 0 Å². The van der Waals surface area contributed by atoms with E-state index in [0.717, 1.165) is 43.0 Å². The maximum atomic E-state index is 10.1. The lowest BCUT2D eigenvalue weighted by Gasteiger charge is -2.46. The third kappa shape index (κ3) is 3.85. The van der Waals surface area contributed by atoms with Crippen molar-refractivity contribution in [3.8, 4) is 0 Å². The van der Waals surface area contributed by atoms with Crippen molar-refractivity contribution in [2.45, 2.75) is 19.1 Å². The van der Waals surface area contributed by atoms with Crippen LogP contribution in [-0.2, 0) is 12.1 Å². The molecule has 1 aliphatic heterocycles. The first-order valence-corrected chi connectivity index (χ1v) is 9.49. The summed E-state index contributed by atoms with van der Waals surface area (Å²) in [5, 5.41) is 20.7. The molecule has 1 heterocycles. The summed E-state index contributed by atoms with van der Waals surface area (Å²) >= 11 is 12.2. The number of nitrogens with zero attached hydrogens (tertiary/aromatic N) is 2. The van der Waals surface area contributed by atoms with E-state index < -0.39 is 5.54 Å². The first-order valence-electron chi connectivity index (χ1n) is 8.74. The van der Waals surface area contributed by atoms with Crippen molar-refractivity contribution >= 4 is 28.9 Å². The molecule has 0 aliphatic carbocycles. The summed E-state index contributed by atoms with van der Waals surface area (Å²) in [6.45, 7) is 5.42. The largest absolute Gasteiger partial charge is 0.394 e. The molecule has 1 atom stereocenters. The van der Waals surface area contributed by atoms with Crippen LogP contribution < -0.4 is 4.90 Å². The summed E-state index contributed by atoms with van der Waals surface area (Å²) in [7, 11) is 0. The monoisotopic (exact) mass is 394 g/mol. The summed E-state index contributed by atoms with van der Waals surface area (Å²) < 4.78 is 0. The van der Waals surface area contributed by atoms with Gasteiger partial charge in [0.2, 0.25) is 0 Å². The van der Waals surface area contributed by atoms with Gasteiger partial charge in [-0.05, 0) is 42.3 Å². The van der Waals surface area contributed by atoms with Gasteiger partial charge in [0.25, 0.3) is 0 Å². The molecule has 0 spiro atoms. The molecule has 1 aliphatic rings. The lowest BCUT2D eigenvalue weighted by molar-refractivity contribution is 0.0358. The zero-order valence-electron chi connectivity index (χ0n) is 14.8. The van der Waals surface area contributed by atoms with Crippen molar-refractivity contribution in [2.75, 3.05) is 37.7 Å². The Morgan fingerprint density at radius 3 is 2.15 bits per heavy atom. The van der Waals surface area contributed by atoms with Gasteiger partial charge in [-0.2, -0.15) is 0 Å². The number of anilines is 1. The Morgan fingerprint density at radius 2 is 1.62 bits per heavy atom. The van der Waals surface area contributed by atoms with Crippen molar-refractivity contribution in [1.29, 1.82) is 0 Å². The normalized spacial score (nSPS) is 18.0. The molecule has 4 nitrogen and oxygen atoms in total. The third-order valence-electron chi connectivity index (χ3n) is 5.32. The number of hydrogen-bond acceptors (Lipinski definition) is 4. The average molecular weight is 395 g/mol. The Hall–Kier alpha value is -1.30. The standard InChI is InChI=1S/C20H24Cl2N2O2/c1-20(14-26,16-3-5-17(21)6-4-16)24-10-8-23(9-11-24)18-7-2-15(13-25)19(22)12-18/h2-7,12,25-26H,8-11,13-14H2,1H3. The second-order valence-corrected chi connectivity index (χ2v) is 7.69. The van der Waals surface area contributed by atoms with Crippen LogP contribution in [-0.4, -0.2) is 47.9 Å². The third-order valence-corrected chi connectivity index (χ3v) is 5.93. The highest BCUT2D eigenvalue weighted by molar-refractivity contribution is 6.31. The summed E-state index contributed by atoms with van der Waals surface area (Å²) in [4.78, 5) is 4.60. The molecule has 1 unspecified atom stereocenters. The first kappa shape index (κ1) is 19.5. The van der Waals surface area contributed by atoms with Crippen molar-refractivity contribution in [3.05, 3.63) is 63.6 Å². The average Bonchev–Trinajstić information content (AvgIpc) is 2.68. The van der Waals surface area contributed by atoms with Gasteiger partial charge in [0, 0.05) is 41.9 Å². The highest BCUT2D eigenvalue weighted by atomic mass is 35.5. The van der Waals surface area contributed by atoms with E-state index in [2.05, 4.69) is 16.7 Å².